The molecule has 0 unspecified atom stereocenters. The number of carbonyl (C=O) groups is 3. The van der Waals surface area contributed by atoms with E-state index in [9.17, 15) is 14.4 Å². The maximum absolute atomic E-state index is 12.1. The van der Waals surface area contributed by atoms with Crippen LogP contribution in [0.2, 0.25) is 0 Å². The Morgan fingerprint density at radius 2 is 1.56 bits per heavy atom. The summed E-state index contributed by atoms with van der Waals surface area (Å²) in [4.78, 5) is 38.4. The number of hydrogen-bond donors (Lipinski definition) is 2. The van der Waals surface area contributed by atoms with Gasteiger partial charge in [0.1, 0.15) is 0 Å². The number of ether oxygens (including phenoxy) is 1. The average Bonchev–Trinajstić information content (AvgIpc) is 2.57. The second-order valence-electron chi connectivity index (χ2n) is 5.77. The van der Waals surface area contributed by atoms with Crippen LogP contribution in [0.15, 0.2) is 24.3 Å². The Morgan fingerprint density at radius 1 is 1.00 bits per heavy atom. The Hall–Kier alpha value is -2.61. The number of piperazine rings is 1. The van der Waals surface area contributed by atoms with Crippen molar-refractivity contribution in [1.29, 1.82) is 0 Å². The van der Waals surface area contributed by atoms with Gasteiger partial charge in [0.05, 0.1) is 13.2 Å². The molecule has 2 N–H and O–H groups in total. The Bertz CT molecular complexity index is 610. The highest BCUT2D eigenvalue weighted by molar-refractivity contribution is 5.93. The van der Waals surface area contributed by atoms with Crippen LogP contribution in [0.4, 0.5) is 16.2 Å². The van der Waals surface area contributed by atoms with Gasteiger partial charge in [-0.05, 0) is 31.2 Å². The molecule has 2 rings (SSSR count). The monoisotopic (exact) mass is 348 g/mol. The van der Waals surface area contributed by atoms with E-state index in [2.05, 4.69) is 10.6 Å². The first-order valence-corrected chi connectivity index (χ1v) is 8.29. The third-order valence-electron chi connectivity index (χ3n) is 3.75. The lowest BCUT2D eigenvalue weighted by molar-refractivity contribution is -0.117. The van der Waals surface area contributed by atoms with Crippen molar-refractivity contribution in [3.05, 3.63) is 24.3 Å². The van der Waals surface area contributed by atoms with E-state index >= 15 is 0 Å². The van der Waals surface area contributed by atoms with Crippen molar-refractivity contribution in [3.63, 3.8) is 0 Å². The van der Waals surface area contributed by atoms with Gasteiger partial charge >= 0.3 is 6.09 Å². The zero-order valence-electron chi connectivity index (χ0n) is 14.6. The van der Waals surface area contributed by atoms with Gasteiger partial charge in [-0.2, -0.15) is 0 Å². The third-order valence-corrected chi connectivity index (χ3v) is 3.75. The highest BCUT2D eigenvalue weighted by Crippen LogP contribution is 2.13. The molecule has 136 valence electrons. The van der Waals surface area contributed by atoms with E-state index in [-0.39, 0.29) is 24.5 Å². The normalized spacial score (nSPS) is 14.7. The molecule has 8 nitrogen and oxygen atoms in total. The van der Waals surface area contributed by atoms with Gasteiger partial charge in [0.25, 0.3) is 0 Å². The molecule has 3 amide bonds. The van der Waals surface area contributed by atoms with Gasteiger partial charge in [-0.25, -0.2) is 4.79 Å². The largest absolute Gasteiger partial charge is 0.450 e. The standard InChI is InChI=1S/C17H24N4O4/c1-3-25-17(24)21-10-8-20(9-11-21)12-16(23)19-15-6-4-14(5-7-15)18-13(2)22/h4-7H,3,8-12H2,1-2H3,(H,18,22)(H,19,23). The number of benzene rings is 1. The van der Waals surface area contributed by atoms with Crippen LogP contribution in [0, 0.1) is 0 Å². The van der Waals surface area contributed by atoms with Crippen LogP contribution in [0.3, 0.4) is 0 Å². The fourth-order valence-electron chi connectivity index (χ4n) is 2.55. The Balaban J connectivity index is 1.75. The molecular weight excluding hydrogens is 324 g/mol. The third kappa shape index (κ3) is 6.07. The lowest BCUT2D eigenvalue weighted by Gasteiger charge is -2.33. The quantitative estimate of drug-likeness (QED) is 0.838. The predicted molar refractivity (Wildman–Crippen MR) is 94.4 cm³/mol. The molecule has 0 bridgehead atoms. The minimum atomic E-state index is -0.300. The summed E-state index contributed by atoms with van der Waals surface area (Å²) < 4.78 is 4.97. The Labute approximate surface area is 147 Å². The van der Waals surface area contributed by atoms with E-state index in [0.29, 0.717) is 44.2 Å². The average molecular weight is 348 g/mol. The minimum Gasteiger partial charge on any atom is -0.450 e. The van der Waals surface area contributed by atoms with Crippen molar-refractivity contribution in [2.45, 2.75) is 13.8 Å². The van der Waals surface area contributed by atoms with Crippen molar-refractivity contribution in [2.75, 3.05) is 50.0 Å². The van der Waals surface area contributed by atoms with Crippen LogP contribution >= 0.6 is 0 Å². The highest BCUT2D eigenvalue weighted by Gasteiger charge is 2.23. The summed E-state index contributed by atoms with van der Waals surface area (Å²) in [5.41, 5.74) is 1.35. The summed E-state index contributed by atoms with van der Waals surface area (Å²) in [6.07, 6.45) is -0.300. The summed E-state index contributed by atoms with van der Waals surface area (Å²) in [6.45, 7) is 6.22. The van der Waals surface area contributed by atoms with Crippen molar-refractivity contribution < 1.29 is 19.1 Å². The molecular formula is C17H24N4O4. The predicted octanol–water partition coefficient (Wildman–Crippen LogP) is 1.36. The lowest BCUT2D eigenvalue weighted by atomic mass is 10.2. The minimum absolute atomic E-state index is 0.114. The number of carbonyl (C=O) groups excluding carboxylic acids is 3. The first-order chi connectivity index (χ1) is 12.0. The van der Waals surface area contributed by atoms with Crippen LogP contribution in [-0.4, -0.2) is 67.0 Å². The van der Waals surface area contributed by atoms with Gasteiger partial charge in [-0.15, -0.1) is 0 Å². The number of hydrogen-bond acceptors (Lipinski definition) is 5. The van der Waals surface area contributed by atoms with Gasteiger partial charge in [0.15, 0.2) is 0 Å². The Morgan fingerprint density at radius 3 is 2.08 bits per heavy atom. The van der Waals surface area contributed by atoms with Crippen LogP contribution in [-0.2, 0) is 14.3 Å². The van der Waals surface area contributed by atoms with Gasteiger partial charge in [0, 0.05) is 44.5 Å². The van der Waals surface area contributed by atoms with E-state index in [1.807, 2.05) is 4.90 Å². The first-order valence-electron chi connectivity index (χ1n) is 8.29. The molecule has 0 saturated carbocycles. The molecule has 8 heteroatoms. The summed E-state index contributed by atoms with van der Waals surface area (Å²) in [7, 11) is 0. The maximum Gasteiger partial charge on any atom is 0.409 e. The fraction of sp³-hybridized carbons (Fsp3) is 0.471. The first kappa shape index (κ1) is 18.7. The van der Waals surface area contributed by atoms with Crippen LogP contribution in [0.25, 0.3) is 0 Å². The molecule has 0 aromatic heterocycles. The summed E-state index contributed by atoms with van der Waals surface area (Å²) in [5, 5.41) is 5.50. The summed E-state index contributed by atoms with van der Waals surface area (Å²) in [6, 6.07) is 6.94. The molecule has 0 aliphatic carbocycles. The number of nitrogens with one attached hydrogen (secondary N) is 2. The smallest absolute Gasteiger partial charge is 0.409 e. The molecule has 1 aromatic rings. The molecule has 1 aliphatic rings. The van der Waals surface area contributed by atoms with Gasteiger partial charge in [-0.3, -0.25) is 14.5 Å². The van der Waals surface area contributed by atoms with Crippen LogP contribution in [0.5, 0.6) is 0 Å². The number of anilines is 2. The topological polar surface area (TPSA) is 91.0 Å². The molecule has 0 radical (unpaired) electrons. The number of nitrogens with zero attached hydrogens (tertiary/aromatic N) is 2. The molecule has 1 saturated heterocycles. The lowest BCUT2D eigenvalue weighted by Crippen LogP contribution is -2.50. The fourth-order valence-corrected chi connectivity index (χ4v) is 2.55. The van der Waals surface area contributed by atoms with E-state index in [4.69, 9.17) is 4.74 Å². The summed E-state index contributed by atoms with van der Waals surface area (Å²) in [5.74, 6) is -0.254. The van der Waals surface area contributed by atoms with Crippen LogP contribution < -0.4 is 10.6 Å². The molecule has 1 aromatic carbocycles. The molecule has 0 atom stereocenters. The Kier molecular flexibility index (Phi) is 6.76. The molecule has 25 heavy (non-hydrogen) atoms. The van der Waals surface area contributed by atoms with Crippen molar-refractivity contribution in [3.8, 4) is 0 Å². The SMILES string of the molecule is CCOC(=O)N1CCN(CC(=O)Nc2ccc(NC(C)=O)cc2)CC1. The maximum atomic E-state index is 12.1. The van der Waals surface area contributed by atoms with Crippen molar-refractivity contribution in [1.82, 2.24) is 9.80 Å². The molecule has 1 fully saturated rings. The van der Waals surface area contributed by atoms with Gasteiger partial charge in [0.2, 0.25) is 11.8 Å². The van der Waals surface area contributed by atoms with E-state index < -0.39 is 0 Å². The zero-order valence-corrected chi connectivity index (χ0v) is 14.6. The second kappa shape index (κ2) is 9.03. The van der Waals surface area contributed by atoms with E-state index in [0.717, 1.165) is 0 Å². The zero-order chi connectivity index (χ0) is 18.2. The van der Waals surface area contributed by atoms with E-state index in [1.165, 1.54) is 6.92 Å². The summed E-state index contributed by atoms with van der Waals surface area (Å²) >= 11 is 0. The molecule has 1 heterocycles. The highest BCUT2D eigenvalue weighted by atomic mass is 16.6. The van der Waals surface area contributed by atoms with Gasteiger partial charge < -0.3 is 20.3 Å². The van der Waals surface area contributed by atoms with Crippen LogP contribution in [0.1, 0.15) is 13.8 Å². The second-order valence-corrected chi connectivity index (χ2v) is 5.77. The van der Waals surface area contributed by atoms with Gasteiger partial charge in [-0.1, -0.05) is 0 Å². The number of rotatable bonds is 5. The molecule has 0 spiro atoms. The molecule has 1 aliphatic heterocycles. The van der Waals surface area contributed by atoms with Crippen molar-refractivity contribution in [2.24, 2.45) is 0 Å². The number of amides is 3. The van der Waals surface area contributed by atoms with E-state index in [1.54, 1.807) is 36.1 Å². The van der Waals surface area contributed by atoms with Crippen molar-refractivity contribution >= 4 is 29.3 Å².